The van der Waals surface area contributed by atoms with Crippen LogP contribution >= 0.6 is 11.8 Å². The molecule has 0 bridgehead atoms. The van der Waals surface area contributed by atoms with E-state index in [1.54, 1.807) is 24.3 Å². The molecule has 0 amide bonds. The molecule has 0 spiro atoms. The Morgan fingerprint density at radius 2 is 2.15 bits per heavy atom. The van der Waals surface area contributed by atoms with Gasteiger partial charge in [-0.2, -0.15) is 5.26 Å². The lowest BCUT2D eigenvalue weighted by atomic mass is 10.1. The van der Waals surface area contributed by atoms with Crippen molar-refractivity contribution in [1.82, 2.24) is 20.2 Å². The molecule has 20 heavy (non-hydrogen) atoms. The molecule has 1 aromatic heterocycles. The monoisotopic (exact) mass is 287 g/mol. The average molecular weight is 287 g/mol. The highest BCUT2D eigenvalue weighted by Gasteiger charge is 2.28. The Kier molecular flexibility index (Phi) is 3.67. The minimum atomic E-state index is -0.600. The summed E-state index contributed by atoms with van der Waals surface area (Å²) in [5.41, 5.74) is 1.38. The van der Waals surface area contributed by atoms with E-state index in [0.717, 1.165) is 23.6 Å². The van der Waals surface area contributed by atoms with Gasteiger partial charge in [0.05, 0.1) is 23.8 Å². The first kappa shape index (κ1) is 13.1. The molecule has 6 nitrogen and oxygen atoms in total. The van der Waals surface area contributed by atoms with Gasteiger partial charge in [0, 0.05) is 5.75 Å². The highest BCUT2D eigenvalue weighted by molar-refractivity contribution is 7.99. The standard InChI is InChI=1S/C13H13N5OS/c14-7-9-1-3-10(4-2-9)12(19)8-20-13-15-16-17-18(13)11-5-6-11/h1-4,11-12,19H,5-6,8H2. The molecule has 1 fully saturated rings. The molecule has 1 aliphatic rings. The first-order valence-corrected chi connectivity index (χ1v) is 7.35. The lowest BCUT2D eigenvalue weighted by molar-refractivity contribution is 0.204. The second-order valence-corrected chi connectivity index (χ2v) is 5.68. The topological polar surface area (TPSA) is 87.6 Å². The zero-order chi connectivity index (χ0) is 13.9. The second-order valence-electron chi connectivity index (χ2n) is 4.70. The van der Waals surface area contributed by atoms with Crippen molar-refractivity contribution in [3.63, 3.8) is 0 Å². The fourth-order valence-electron chi connectivity index (χ4n) is 1.86. The Hall–Kier alpha value is -1.91. The first-order chi connectivity index (χ1) is 9.78. The molecule has 3 rings (SSSR count). The molecule has 1 saturated carbocycles. The average Bonchev–Trinajstić information content (AvgIpc) is 3.23. The first-order valence-electron chi connectivity index (χ1n) is 6.36. The summed E-state index contributed by atoms with van der Waals surface area (Å²) in [5.74, 6) is 0.485. The van der Waals surface area contributed by atoms with Gasteiger partial charge in [-0.15, -0.1) is 5.10 Å². The van der Waals surface area contributed by atoms with Crippen molar-refractivity contribution < 1.29 is 5.11 Å². The van der Waals surface area contributed by atoms with Gasteiger partial charge < -0.3 is 5.11 Å². The van der Waals surface area contributed by atoms with Crippen molar-refractivity contribution in [3.05, 3.63) is 35.4 Å². The van der Waals surface area contributed by atoms with Crippen LogP contribution in [0.4, 0.5) is 0 Å². The Morgan fingerprint density at radius 1 is 1.40 bits per heavy atom. The van der Waals surface area contributed by atoms with Crippen LogP contribution in [0.1, 0.15) is 36.1 Å². The smallest absolute Gasteiger partial charge is 0.209 e. The van der Waals surface area contributed by atoms with Gasteiger partial charge in [0.1, 0.15) is 0 Å². The predicted octanol–water partition coefficient (Wildman–Crippen LogP) is 1.71. The lowest BCUT2D eigenvalue weighted by Crippen LogP contribution is -2.04. The van der Waals surface area contributed by atoms with Crippen molar-refractivity contribution in [2.24, 2.45) is 0 Å². The minimum Gasteiger partial charge on any atom is -0.388 e. The summed E-state index contributed by atoms with van der Waals surface area (Å²) >= 11 is 1.45. The maximum atomic E-state index is 10.1. The van der Waals surface area contributed by atoms with Crippen LogP contribution < -0.4 is 0 Å². The number of aliphatic hydroxyl groups is 1. The van der Waals surface area contributed by atoms with Gasteiger partial charge in [-0.25, -0.2) is 4.68 Å². The number of nitrogens with zero attached hydrogens (tertiary/aromatic N) is 5. The number of benzene rings is 1. The fraction of sp³-hybridized carbons (Fsp3) is 0.385. The molecule has 0 saturated heterocycles. The van der Waals surface area contributed by atoms with Crippen molar-refractivity contribution >= 4 is 11.8 Å². The minimum absolute atomic E-state index is 0.430. The number of nitriles is 1. The van der Waals surface area contributed by atoms with E-state index < -0.39 is 6.10 Å². The summed E-state index contributed by atoms with van der Waals surface area (Å²) in [7, 11) is 0. The molecule has 1 heterocycles. The summed E-state index contributed by atoms with van der Waals surface area (Å²) < 4.78 is 1.83. The van der Waals surface area contributed by atoms with E-state index in [-0.39, 0.29) is 0 Å². The van der Waals surface area contributed by atoms with Crippen LogP contribution in [0.2, 0.25) is 0 Å². The van der Waals surface area contributed by atoms with Gasteiger partial charge in [-0.05, 0) is 41.0 Å². The van der Waals surface area contributed by atoms with Gasteiger partial charge in [0.2, 0.25) is 5.16 Å². The summed E-state index contributed by atoms with van der Waals surface area (Å²) in [6, 6.07) is 9.44. The van der Waals surface area contributed by atoms with Gasteiger partial charge in [-0.3, -0.25) is 0 Å². The Bertz CT molecular complexity index is 629. The van der Waals surface area contributed by atoms with E-state index in [2.05, 4.69) is 21.6 Å². The molecule has 102 valence electrons. The number of tetrazole rings is 1. The molecule has 1 aromatic carbocycles. The summed E-state index contributed by atoms with van der Waals surface area (Å²) in [6.07, 6.45) is 1.64. The molecule has 0 radical (unpaired) electrons. The number of hydrogen-bond acceptors (Lipinski definition) is 6. The number of aliphatic hydroxyl groups excluding tert-OH is 1. The number of aromatic nitrogens is 4. The van der Waals surface area contributed by atoms with Crippen LogP contribution in [-0.2, 0) is 0 Å². The van der Waals surface area contributed by atoms with E-state index in [1.807, 2.05) is 4.68 Å². The largest absolute Gasteiger partial charge is 0.388 e. The van der Waals surface area contributed by atoms with E-state index in [4.69, 9.17) is 5.26 Å². The van der Waals surface area contributed by atoms with Gasteiger partial charge in [0.25, 0.3) is 0 Å². The van der Waals surface area contributed by atoms with Crippen LogP contribution in [0, 0.1) is 11.3 Å². The third kappa shape index (κ3) is 2.81. The maximum Gasteiger partial charge on any atom is 0.209 e. The second kappa shape index (κ2) is 5.61. The van der Waals surface area contributed by atoms with Crippen molar-refractivity contribution in [1.29, 1.82) is 5.26 Å². The Labute approximate surface area is 120 Å². The van der Waals surface area contributed by atoms with Crippen LogP contribution in [0.15, 0.2) is 29.4 Å². The van der Waals surface area contributed by atoms with Crippen molar-refractivity contribution in [2.45, 2.75) is 30.1 Å². The number of rotatable bonds is 5. The molecule has 7 heteroatoms. The quantitative estimate of drug-likeness (QED) is 0.842. The van der Waals surface area contributed by atoms with Gasteiger partial charge in [0.15, 0.2) is 0 Å². The third-order valence-corrected chi connectivity index (χ3v) is 4.16. The van der Waals surface area contributed by atoms with Crippen LogP contribution in [0.3, 0.4) is 0 Å². The predicted molar refractivity (Wildman–Crippen MR) is 72.9 cm³/mol. The highest BCUT2D eigenvalue weighted by Crippen LogP contribution is 2.36. The number of thioether (sulfide) groups is 1. The van der Waals surface area contributed by atoms with Crippen LogP contribution in [0.25, 0.3) is 0 Å². The van der Waals surface area contributed by atoms with Crippen molar-refractivity contribution in [2.75, 3.05) is 5.75 Å². The van der Waals surface area contributed by atoms with Crippen molar-refractivity contribution in [3.8, 4) is 6.07 Å². The highest BCUT2D eigenvalue weighted by atomic mass is 32.2. The van der Waals surface area contributed by atoms with Gasteiger partial charge in [-0.1, -0.05) is 23.9 Å². The Balaban J connectivity index is 1.62. The van der Waals surface area contributed by atoms with E-state index >= 15 is 0 Å². The van der Waals surface area contributed by atoms with Crippen LogP contribution in [0.5, 0.6) is 0 Å². The van der Waals surface area contributed by atoms with Gasteiger partial charge >= 0.3 is 0 Å². The van der Waals surface area contributed by atoms with E-state index in [1.165, 1.54) is 11.8 Å². The Morgan fingerprint density at radius 3 is 2.80 bits per heavy atom. The van der Waals surface area contributed by atoms with E-state index in [9.17, 15) is 5.11 Å². The lowest BCUT2D eigenvalue weighted by Gasteiger charge is -2.10. The molecule has 0 aliphatic heterocycles. The SMILES string of the molecule is N#Cc1ccc(C(O)CSc2nnnn2C2CC2)cc1. The third-order valence-electron chi connectivity index (χ3n) is 3.15. The molecule has 1 atom stereocenters. The molecule has 2 aromatic rings. The normalized spacial score (nSPS) is 15.8. The molecule has 1 unspecified atom stereocenters. The maximum absolute atomic E-state index is 10.1. The summed E-state index contributed by atoms with van der Waals surface area (Å²) in [4.78, 5) is 0. The zero-order valence-corrected chi connectivity index (χ0v) is 11.5. The summed E-state index contributed by atoms with van der Waals surface area (Å²) in [6.45, 7) is 0. The molecular weight excluding hydrogens is 274 g/mol. The fourth-order valence-corrected chi connectivity index (χ4v) is 2.77. The summed E-state index contributed by atoms with van der Waals surface area (Å²) in [5, 5.41) is 31.3. The van der Waals surface area contributed by atoms with Crippen LogP contribution in [-0.4, -0.2) is 31.1 Å². The molecule has 1 N–H and O–H groups in total. The molecule has 1 aliphatic carbocycles. The zero-order valence-electron chi connectivity index (χ0n) is 10.7. The molecular formula is C13H13N5OS. The number of hydrogen-bond donors (Lipinski definition) is 1. The van der Waals surface area contributed by atoms with E-state index in [0.29, 0.717) is 17.4 Å².